The van der Waals surface area contributed by atoms with Gasteiger partial charge in [0.25, 0.3) is 5.91 Å². The molecule has 1 atom stereocenters. The highest BCUT2D eigenvalue weighted by molar-refractivity contribution is 5.98. The number of carboxylic acids is 1. The summed E-state index contributed by atoms with van der Waals surface area (Å²) < 4.78 is 5.62. The molecule has 0 spiro atoms. The lowest BCUT2D eigenvalue weighted by Crippen LogP contribution is -2.40. The summed E-state index contributed by atoms with van der Waals surface area (Å²) in [6, 6.07) is 4.83. The Balaban J connectivity index is 1.96. The Morgan fingerprint density at radius 1 is 1.24 bits per heavy atom. The van der Waals surface area contributed by atoms with Crippen molar-refractivity contribution in [3.8, 4) is 0 Å². The number of aryl methyl sites for hydroxylation is 2. The maximum Gasteiger partial charge on any atom is 0.326 e. The van der Waals surface area contributed by atoms with Gasteiger partial charge in [-0.25, -0.2) is 4.79 Å². The number of hydrogen-bond donors (Lipinski definition) is 1. The standard InChI is InChI=1S/C16H17NO4/c1-9-6-11-8-14(21-13(11)7-10(9)2)15(18)17-5-3-4-12(17)16(19)20/h6-8,12H,3-5H2,1-2H3,(H,19,20). The maximum absolute atomic E-state index is 12.5. The number of rotatable bonds is 2. The van der Waals surface area contributed by atoms with Gasteiger partial charge in [-0.3, -0.25) is 4.79 Å². The number of fused-ring (bicyclic) bond motifs is 1. The molecular formula is C16H17NO4. The first-order valence-electron chi connectivity index (χ1n) is 7.02. The van der Waals surface area contributed by atoms with Gasteiger partial charge in [0, 0.05) is 11.9 Å². The van der Waals surface area contributed by atoms with E-state index in [1.54, 1.807) is 6.07 Å². The minimum Gasteiger partial charge on any atom is -0.480 e. The van der Waals surface area contributed by atoms with Crippen LogP contribution in [0.15, 0.2) is 22.6 Å². The van der Waals surface area contributed by atoms with E-state index in [4.69, 9.17) is 9.52 Å². The van der Waals surface area contributed by atoms with E-state index in [0.717, 1.165) is 16.5 Å². The molecule has 1 unspecified atom stereocenters. The fourth-order valence-corrected chi connectivity index (χ4v) is 2.82. The van der Waals surface area contributed by atoms with E-state index in [1.807, 2.05) is 26.0 Å². The first-order chi connectivity index (χ1) is 9.97. The Morgan fingerprint density at radius 3 is 2.67 bits per heavy atom. The van der Waals surface area contributed by atoms with Crippen LogP contribution in [0.25, 0.3) is 11.0 Å². The van der Waals surface area contributed by atoms with Gasteiger partial charge in [-0.15, -0.1) is 0 Å². The number of amides is 1. The zero-order valence-electron chi connectivity index (χ0n) is 12.0. The minimum atomic E-state index is -0.955. The van der Waals surface area contributed by atoms with E-state index in [0.29, 0.717) is 25.0 Å². The number of carbonyl (C=O) groups is 2. The van der Waals surface area contributed by atoms with Gasteiger partial charge in [0.1, 0.15) is 11.6 Å². The fraction of sp³-hybridized carbons (Fsp3) is 0.375. The molecule has 5 nitrogen and oxygen atoms in total. The van der Waals surface area contributed by atoms with Crippen molar-refractivity contribution >= 4 is 22.8 Å². The molecule has 1 aromatic carbocycles. The summed E-state index contributed by atoms with van der Waals surface area (Å²) in [7, 11) is 0. The second-order valence-corrected chi connectivity index (χ2v) is 5.58. The summed E-state index contributed by atoms with van der Waals surface area (Å²) in [5.41, 5.74) is 2.89. The summed E-state index contributed by atoms with van der Waals surface area (Å²) in [5.74, 6) is -1.08. The third-order valence-corrected chi connectivity index (χ3v) is 4.14. The minimum absolute atomic E-state index is 0.211. The van der Waals surface area contributed by atoms with E-state index in [-0.39, 0.29) is 11.7 Å². The number of furan rings is 1. The summed E-state index contributed by atoms with van der Waals surface area (Å²) in [5, 5.41) is 10.0. The molecule has 1 aliphatic rings. The van der Waals surface area contributed by atoms with Gasteiger partial charge in [-0.2, -0.15) is 0 Å². The summed E-state index contributed by atoms with van der Waals surface area (Å²) in [4.78, 5) is 25.0. The van der Waals surface area contributed by atoms with E-state index < -0.39 is 12.0 Å². The van der Waals surface area contributed by atoms with Gasteiger partial charge in [0.2, 0.25) is 0 Å². The van der Waals surface area contributed by atoms with Crippen LogP contribution >= 0.6 is 0 Å². The molecule has 1 aromatic heterocycles. The Morgan fingerprint density at radius 2 is 1.95 bits per heavy atom. The molecule has 2 aromatic rings. The van der Waals surface area contributed by atoms with Crippen LogP contribution < -0.4 is 0 Å². The molecule has 21 heavy (non-hydrogen) atoms. The number of carboxylic acid groups (broad SMARTS) is 1. The first kappa shape index (κ1) is 13.7. The van der Waals surface area contributed by atoms with Gasteiger partial charge in [-0.1, -0.05) is 0 Å². The van der Waals surface area contributed by atoms with Crippen LogP contribution in [0.5, 0.6) is 0 Å². The van der Waals surface area contributed by atoms with Crippen molar-refractivity contribution in [2.45, 2.75) is 32.7 Å². The molecule has 1 saturated heterocycles. The molecule has 2 heterocycles. The van der Waals surface area contributed by atoms with Crippen LogP contribution in [0.2, 0.25) is 0 Å². The fourth-order valence-electron chi connectivity index (χ4n) is 2.82. The van der Waals surface area contributed by atoms with E-state index in [1.165, 1.54) is 4.90 Å². The SMILES string of the molecule is Cc1cc2cc(C(=O)N3CCCC3C(=O)O)oc2cc1C. The molecule has 3 rings (SSSR count). The highest BCUT2D eigenvalue weighted by Gasteiger charge is 2.35. The topological polar surface area (TPSA) is 70.8 Å². The predicted molar refractivity (Wildman–Crippen MR) is 77.4 cm³/mol. The van der Waals surface area contributed by atoms with E-state index in [9.17, 15) is 9.59 Å². The number of carbonyl (C=O) groups excluding carboxylic acids is 1. The summed E-state index contributed by atoms with van der Waals surface area (Å²) >= 11 is 0. The van der Waals surface area contributed by atoms with Crippen molar-refractivity contribution in [3.05, 3.63) is 35.1 Å². The second-order valence-electron chi connectivity index (χ2n) is 5.58. The Kier molecular flexibility index (Phi) is 3.20. The van der Waals surface area contributed by atoms with Gasteiger partial charge in [0.15, 0.2) is 5.76 Å². The molecule has 5 heteroatoms. The van der Waals surface area contributed by atoms with Crippen molar-refractivity contribution in [2.75, 3.05) is 6.54 Å². The molecule has 1 fully saturated rings. The summed E-state index contributed by atoms with van der Waals surface area (Å²) in [6.45, 7) is 4.45. The molecule has 0 bridgehead atoms. The molecule has 0 saturated carbocycles. The molecule has 1 amide bonds. The number of aliphatic carboxylic acids is 1. The quantitative estimate of drug-likeness (QED) is 0.922. The lowest BCUT2D eigenvalue weighted by molar-refractivity contribution is -0.141. The second kappa shape index (κ2) is 4.91. The van der Waals surface area contributed by atoms with Crippen LogP contribution in [0.3, 0.4) is 0 Å². The van der Waals surface area contributed by atoms with Gasteiger partial charge >= 0.3 is 5.97 Å². The normalized spacial score (nSPS) is 18.4. The van der Waals surface area contributed by atoms with Crippen molar-refractivity contribution in [1.29, 1.82) is 0 Å². The highest BCUT2D eigenvalue weighted by Crippen LogP contribution is 2.26. The predicted octanol–water partition coefficient (Wildman–Crippen LogP) is 2.74. The van der Waals surface area contributed by atoms with E-state index >= 15 is 0 Å². The molecule has 0 radical (unpaired) electrons. The van der Waals surface area contributed by atoms with Crippen LogP contribution in [0.1, 0.15) is 34.5 Å². The third kappa shape index (κ3) is 2.28. The molecule has 1 aliphatic heterocycles. The third-order valence-electron chi connectivity index (χ3n) is 4.14. The van der Waals surface area contributed by atoms with Gasteiger partial charge < -0.3 is 14.4 Å². The molecule has 110 valence electrons. The van der Waals surface area contributed by atoms with Gasteiger partial charge in [-0.05, 0) is 56.0 Å². The Bertz CT molecular complexity index is 692. The highest BCUT2D eigenvalue weighted by atomic mass is 16.4. The Hall–Kier alpha value is -2.30. The van der Waals surface area contributed by atoms with E-state index in [2.05, 4.69) is 0 Å². The van der Waals surface area contributed by atoms with Crippen molar-refractivity contribution in [2.24, 2.45) is 0 Å². The van der Waals surface area contributed by atoms with Crippen LogP contribution in [0.4, 0.5) is 0 Å². The Labute approximate surface area is 122 Å². The monoisotopic (exact) mass is 287 g/mol. The summed E-state index contributed by atoms with van der Waals surface area (Å²) in [6.07, 6.45) is 1.21. The maximum atomic E-state index is 12.5. The average molecular weight is 287 g/mol. The van der Waals surface area contributed by atoms with Crippen LogP contribution in [-0.4, -0.2) is 34.5 Å². The van der Waals surface area contributed by atoms with Gasteiger partial charge in [0.05, 0.1) is 0 Å². The zero-order valence-corrected chi connectivity index (χ0v) is 12.0. The number of nitrogens with zero attached hydrogens (tertiary/aromatic N) is 1. The first-order valence-corrected chi connectivity index (χ1v) is 7.02. The molecule has 1 N–H and O–H groups in total. The van der Waals surface area contributed by atoms with Crippen molar-refractivity contribution < 1.29 is 19.1 Å². The number of hydrogen-bond acceptors (Lipinski definition) is 3. The number of benzene rings is 1. The largest absolute Gasteiger partial charge is 0.480 e. The lowest BCUT2D eigenvalue weighted by atomic mass is 10.1. The average Bonchev–Trinajstić information content (AvgIpc) is 3.04. The molecular weight excluding hydrogens is 270 g/mol. The van der Waals surface area contributed by atoms with Crippen molar-refractivity contribution in [1.82, 2.24) is 4.90 Å². The lowest BCUT2D eigenvalue weighted by Gasteiger charge is -2.19. The number of likely N-dealkylation sites (tertiary alicyclic amines) is 1. The van der Waals surface area contributed by atoms with Crippen LogP contribution in [0, 0.1) is 13.8 Å². The smallest absolute Gasteiger partial charge is 0.326 e. The van der Waals surface area contributed by atoms with Crippen LogP contribution in [-0.2, 0) is 4.79 Å². The zero-order chi connectivity index (χ0) is 15.1. The van der Waals surface area contributed by atoms with Crippen molar-refractivity contribution in [3.63, 3.8) is 0 Å². The molecule has 0 aliphatic carbocycles.